The molecule has 148 valence electrons. The van der Waals surface area contributed by atoms with Crippen LogP contribution in [0.2, 0.25) is 0 Å². The Kier molecular flexibility index (Phi) is 5.79. The van der Waals surface area contributed by atoms with Gasteiger partial charge in [-0.1, -0.05) is 6.07 Å². The maximum atomic E-state index is 11.0. The number of hydrogen-bond acceptors (Lipinski definition) is 7. The molecular formula is C21H20N4O4. The van der Waals surface area contributed by atoms with Gasteiger partial charge < -0.3 is 14.8 Å². The fraction of sp³-hybridized carbons (Fsp3) is 0.238. The molecule has 1 N–H and O–H groups in total. The molecule has 0 aliphatic carbocycles. The van der Waals surface area contributed by atoms with Crippen molar-refractivity contribution in [3.63, 3.8) is 0 Å². The number of aromatic nitrogens is 1. The summed E-state index contributed by atoms with van der Waals surface area (Å²) in [5.41, 5.74) is 1.84. The van der Waals surface area contributed by atoms with E-state index in [1.807, 2.05) is 25.1 Å². The summed E-state index contributed by atoms with van der Waals surface area (Å²) in [6.45, 7) is 2.00. The van der Waals surface area contributed by atoms with Gasteiger partial charge in [-0.2, -0.15) is 5.26 Å². The summed E-state index contributed by atoms with van der Waals surface area (Å²) >= 11 is 0. The lowest BCUT2D eigenvalue weighted by molar-refractivity contribution is -0.384. The van der Waals surface area contributed by atoms with Gasteiger partial charge in [0, 0.05) is 23.6 Å². The Balaban J connectivity index is 1.83. The van der Waals surface area contributed by atoms with Crippen LogP contribution in [0.25, 0.3) is 10.9 Å². The monoisotopic (exact) mass is 392 g/mol. The summed E-state index contributed by atoms with van der Waals surface area (Å²) in [5.74, 6) is 1.87. The first-order chi connectivity index (χ1) is 13.9. The average molecular weight is 392 g/mol. The number of ether oxygens (including phenoxy) is 2. The van der Waals surface area contributed by atoms with Gasteiger partial charge >= 0.3 is 0 Å². The van der Waals surface area contributed by atoms with Crippen molar-refractivity contribution in [1.82, 2.24) is 4.98 Å². The number of pyridine rings is 1. The summed E-state index contributed by atoms with van der Waals surface area (Å²) < 4.78 is 10.6. The number of nitro benzene ring substituents is 1. The molecule has 8 heteroatoms. The molecule has 1 unspecified atom stereocenters. The van der Waals surface area contributed by atoms with Crippen LogP contribution in [-0.2, 0) is 6.42 Å². The summed E-state index contributed by atoms with van der Waals surface area (Å²) in [4.78, 5) is 15.0. The number of rotatable bonds is 7. The second-order valence-corrected chi connectivity index (χ2v) is 6.56. The van der Waals surface area contributed by atoms with Crippen molar-refractivity contribution in [3.8, 4) is 17.6 Å². The number of methoxy groups -OCH3 is 2. The standard InChI is InChI=1S/C21H20N4O4/c1-13(8-14-4-7-19(28-2)20(9-14)29-3)23-21-10-15(12-22)17-11-16(25(26)27)5-6-18(17)24-21/h4-7,9-11,13H,8H2,1-3H3,(H,23,24). The first kappa shape index (κ1) is 19.9. The van der Waals surface area contributed by atoms with E-state index in [1.165, 1.54) is 12.1 Å². The number of non-ortho nitro benzene ring substituents is 1. The van der Waals surface area contributed by atoms with E-state index in [0.717, 1.165) is 5.56 Å². The zero-order valence-corrected chi connectivity index (χ0v) is 16.3. The Morgan fingerprint density at radius 1 is 1.17 bits per heavy atom. The molecule has 0 amide bonds. The molecule has 3 aromatic rings. The Bertz CT molecular complexity index is 1110. The fourth-order valence-electron chi connectivity index (χ4n) is 3.16. The van der Waals surface area contributed by atoms with Crippen LogP contribution in [0.1, 0.15) is 18.1 Å². The fourth-order valence-corrected chi connectivity index (χ4v) is 3.16. The Morgan fingerprint density at radius 2 is 1.93 bits per heavy atom. The zero-order chi connectivity index (χ0) is 21.0. The molecule has 3 rings (SSSR count). The third-order valence-electron chi connectivity index (χ3n) is 4.51. The molecule has 0 spiro atoms. The van der Waals surface area contributed by atoms with Gasteiger partial charge in [-0.05, 0) is 43.2 Å². The third kappa shape index (κ3) is 4.35. The zero-order valence-electron chi connectivity index (χ0n) is 16.3. The first-order valence-electron chi connectivity index (χ1n) is 8.92. The van der Waals surface area contributed by atoms with Crippen LogP contribution in [-0.4, -0.2) is 30.2 Å². The summed E-state index contributed by atoms with van der Waals surface area (Å²) in [5, 5.41) is 24.2. The Hall–Kier alpha value is -3.86. The van der Waals surface area contributed by atoms with E-state index >= 15 is 0 Å². The molecule has 1 aromatic heterocycles. The van der Waals surface area contributed by atoms with Gasteiger partial charge in [0.15, 0.2) is 11.5 Å². The lowest BCUT2D eigenvalue weighted by atomic mass is 10.1. The molecule has 1 atom stereocenters. The van der Waals surface area contributed by atoms with Gasteiger partial charge in [0.1, 0.15) is 5.82 Å². The van der Waals surface area contributed by atoms with E-state index in [4.69, 9.17) is 9.47 Å². The number of hydrogen-bond donors (Lipinski definition) is 1. The second kappa shape index (κ2) is 8.44. The van der Waals surface area contributed by atoms with Crippen LogP contribution in [0.3, 0.4) is 0 Å². The molecular weight excluding hydrogens is 372 g/mol. The number of benzene rings is 2. The van der Waals surface area contributed by atoms with E-state index in [0.29, 0.717) is 40.2 Å². The van der Waals surface area contributed by atoms with Gasteiger partial charge in [0.2, 0.25) is 0 Å². The molecule has 2 aromatic carbocycles. The van der Waals surface area contributed by atoms with Crippen LogP contribution >= 0.6 is 0 Å². The predicted octanol–water partition coefficient (Wildman–Crippen LogP) is 4.07. The summed E-state index contributed by atoms with van der Waals surface area (Å²) in [7, 11) is 3.19. The number of nitrogens with zero attached hydrogens (tertiary/aromatic N) is 3. The summed E-state index contributed by atoms with van der Waals surface area (Å²) in [6, 6.07) is 13.8. The molecule has 0 aliphatic heterocycles. The number of anilines is 1. The molecule has 8 nitrogen and oxygen atoms in total. The van der Waals surface area contributed by atoms with E-state index in [1.54, 1.807) is 26.4 Å². The van der Waals surface area contributed by atoms with E-state index in [9.17, 15) is 15.4 Å². The van der Waals surface area contributed by atoms with E-state index in [2.05, 4.69) is 16.4 Å². The molecule has 0 bridgehead atoms. The number of nitriles is 1. The Morgan fingerprint density at radius 3 is 2.59 bits per heavy atom. The lowest BCUT2D eigenvalue weighted by Crippen LogP contribution is -2.19. The van der Waals surface area contributed by atoms with Crippen LogP contribution < -0.4 is 14.8 Å². The first-order valence-corrected chi connectivity index (χ1v) is 8.92. The SMILES string of the molecule is COc1ccc(CC(C)Nc2cc(C#N)c3cc([N+](=O)[O-])ccc3n2)cc1OC. The maximum Gasteiger partial charge on any atom is 0.270 e. The van der Waals surface area contributed by atoms with E-state index < -0.39 is 4.92 Å². The highest BCUT2D eigenvalue weighted by atomic mass is 16.6. The van der Waals surface area contributed by atoms with Gasteiger partial charge in [0.05, 0.1) is 36.3 Å². The highest BCUT2D eigenvalue weighted by molar-refractivity contribution is 5.88. The largest absolute Gasteiger partial charge is 0.493 e. The molecule has 0 aliphatic rings. The van der Waals surface area contributed by atoms with Crippen molar-refractivity contribution < 1.29 is 14.4 Å². The van der Waals surface area contributed by atoms with Crippen LogP contribution in [0, 0.1) is 21.4 Å². The lowest BCUT2D eigenvalue weighted by Gasteiger charge is -2.16. The van der Waals surface area contributed by atoms with Crippen LogP contribution in [0.15, 0.2) is 42.5 Å². The topological polar surface area (TPSA) is 110 Å². The van der Waals surface area contributed by atoms with E-state index in [-0.39, 0.29) is 11.7 Å². The van der Waals surface area contributed by atoms with Crippen LogP contribution in [0.5, 0.6) is 11.5 Å². The van der Waals surface area contributed by atoms with Gasteiger partial charge in [-0.25, -0.2) is 4.98 Å². The molecule has 0 fully saturated rings. The smallest absolute Gasteiger partial charge is 0.270 e. The van der Waals surface area contributed by atoms with Crippen LogP contribution in [0.4, 0.5) is 11.5 Å². The van der Waals surface area contributed by atoms with Gasteiger partial charge in [0.25, 0.3) is 5.69 Å². The molecule has 1 heterocycles. The minimum absolute atomic E-state index is 0.0163. The van der Waals surface area contributed by atoms with Gasteiger partial charge in [-0.3, -0.25) is 10.1 Å². The van der Waals surface area contributed by atoms with Crippen molar-refractivity contribution in [2.45, 2.75) is 19.4 Å². The number of nitro groups is 1. The Labute approximate surface area is 167 Å². The summed E-state index contributed by atoms with van der Waals surface area (Å²) in [6.07, 6.45) is 0.697. The van der Waals surface area contributed by atoms with Crippen molar-refractivity contribution in [3.05, 3.63) is 63.7 Å². The normalized spacial score (nSPS) is 11.5. The maximum absolute atomic E-state index is 11.0. The van der Waals surface area contributed by atoms with Crippen molar-refractivity contribution >= 4 is 22.4 Å². The highest BCUT2D eigenvalue weighted by Gasteiger charge is 2.13. The third-order valence-corrected chi connectivity index (χ3v) is 4.51. The minimum atomic E-state index is -0.488. The van der Waals surface area contributed by atoms with Crippen molar-refractivity contribution in [2.24, 2.45) is 0 Å². The predicted molar refractivity (Wildman–Crippen MR) is 109 cm³/mol. The molecule has 0 radical (unpaired) electrons. The minimum Gasteiger partial charge on any atom is -0.493 e. The number of fused-ring (bicyclic) bond motifs is 1. The molecule has 0 saturated carbocycles. The molecule has 0 saturated heterocycles. The molecule has 29 heavy (non-hydrogen) atoms. The highest BCUT2D eigenvalue weighted by Crippen LogP contribution is 2.29. The second-order valence-electron chi connectivity index (χ2n) is 6.56. The van der Waals surface area contributed by atoms with Crippen molar-refractivity contribution in [2.75, 3.05) is 19.5 Å². The van der Waals surface area contributed by atoms with Crippen molar-refractivity contribution in [1.29, 1.82) is 5.26 Å². The quantitative estimate of drug-likeness (QED) is 0.476. The number of nitrogens with one attached hydrogen (secondary N) is 1. The average Bonchev–Trinajstić information content (AvgIpc) is 2.72. The van der Waals surface area contributed by atoms with Gasteiger partial charge in [-0.15, -0.1) is 0 Å².